The smallest absolute Gasteiger partial charge is 0.231 e. The third-order valence-electron chi connectivity index (χ3n) is 6.75. The van der Waals surface area contributed by atoms with Crippen LogP contribution in [0.5, 0.6) is 5.75 Å². The SMILES string of the molecule is C=CCNc1nc(NC)nc(N2CCC(NC[C@H]3c4ccccc4COc4ccccc43)CC2)n1. The number of hydrogen-bond donors (Lipinski definition) is 3. The third kappa shape index (κ3) is 5.22. The molecule has 3 N–H and O–H groups in total. The lowest BCUT2D eigenvalue weighted by atomic mass is 9.88. The summed E-state index contributed by atoms with van der Waals surface area (Å²) in [6.45, 7) is 7.65. The van der Waals surface area contributed by atoms with Gasteiger partial charge in [-0.05, 0) is 30.0 Å². The van der Waals surface area contributed by atoms with Crippen LogP contribution in [0.3, 0.4) is 0 Å². The van der Waals surface area contributed by atoms with Crippen molar-refractivity contribution in [2.24, 2.45) is 0 Å². The van der Waals surface area contributed by atoms with E-state index >= 15 is 0 Å². The first-order valence-corrected chi connectivity index (χ1v) is 12.3. The monoisotopic (exact) mass is 471 g/mol. The van der Waals surface area contributed by atoms with Crippen LogP contribution >= 0.6 is 0 Å². The van der Waals surface area contributed by atoms with Crippen molar-refractivity contribution in [3.8, 4) is 5.75 Å². The molecule has 1 aromatic heterocycles. The van der Waals surface area contributed by atoms with Gasteiger partial charge in [0.25, 0.3) is 0 Å². The fourth-order valence-electron chi connectivity index (χ4n) is 4.88. The molecule has 1 atom stereocenters. The molecule has 0 radical (unpaired) electrons. The summed E-state index contributed by atoms with van der Waals surface area (Å²) in [5.41, 5.74) is 3.87. The molecule has 35 heavy (non-hydrogen) atoms. The number of hydrogen-bond acceptors (Lipinski definition) is 8. The standard InChI is InChI=1S/C27H33N7O/c1-3-14-29-26-31-25(28-2)32-27(33-26)34-15-12-20(13-16-34)30-17-23-21-9-5-4-8-19(21)18-35-24-11-7-6-10-22(23)24/h3-11,20,23,30H,1,12-18H2,2H3,(H2,28,29,31,32,33)/t23-/m0/s1. The van der Waals surface area contributed by atoms with E-state index in [-0.39, 0.29) is 5.92 Å². The maximum Gasteiger partial charge on any atom is 0.231 e. The molecule has 1 fully saturated rings. The Bertz CT molecular complexity index is 1110. The lowest BCUT2D eigenvalue weighted by Gasteiger charge is -2.33. The summed E-state index contributed by atoms with van der Waals surface area (Å²) < 4.78 is 6.14. The number of piperidine rings is 1. The molecule has 2 aromatic carbocycles. The molecule has 3 aromatic rings. The maximum atomic E-state index is 6.14. The summed E-state index contributed by atoms with van der Waals surface area (Å²) in [5.74, 6) is 3.09. The molecule has 1 saturated heterocycles. The van der Waals surface area contributed by atoms with Crippen molar-refractivity contribution in [1.29, 1.82) is 0 Å². The van der Waals surface area contributed by atoms with Crippen LogP contribution in [0.4, 0.5) is 17.8 Å². The Labute approximate surface area is 206 Å². The summed E-state index contributed by atoms with van der Waals surface area (Å²) in [6.07, 6.45) is 3.85. The highest BCUT2D eigenvalue weighted by Gasteiger charge is 2.27. The van der Waals surface area contributed by atoms with Crippen molar-refractivity contribution in [2.45, 2.75) is 31.4 Å². The normalized spacial score (nSPS) is 17.5. The topological polar surface area (TPSA) is 87.2 Å². The van der Waals surface area contributed by atoms with Gasteiger partial charge >= 0.3 is 0 Å². The molecular formula is C27H33N7O. The lowest BCUT2D eigenvalue weighted by molar-refractivity contribution is 0.306. The van der Waals surface area contributed by atoms with E-state index in [1.807, 2.05) is 13.1 Å². The van der Waals surface area contributed by atoms with Gasteiger partial charge in [-0.2, -0.15) is 15.0 Å². The second kappa shape index (κ2) is 10.7. The molecule has 0 amide bonds. The molecule has 8 heteroatoms. The second-order valence-electron chi connectivity index (χ2n) is 8.95. The maximum absolute atomic E-state index is 6.14. The Kier molecular flexibility index (Phi) is 7.09. The minimum atomic E-state index is 0.267. The van der Waals surface area contributed by atoms with Crippen LogP contribution in [0.15, 0.2) is 61.2 Å². The minimum absolute atomic E-state index is 0.267. The van der Waals surface area contributed by atoms with Crippen LogP contribution in [-0.2, 0) is 6.61 Å². The van der Waals surface area contributed by atoms with Gasteiger partial charge in [-0.3, -0.25) is 0 Å². The summed E-state index contributed by atoms with van der Waals surface area (Å²) in [5, 5.41) is 10.1. The first-order chi connectivity index (χ1) is 17.2. The van der Waals surface area contributed by atoms with Crippen molar-refractivity contribution in [2.75, 3.05) is 48.8 Å². The lowest BCUT2D eigenvalue weighted by Crippen LogP contribution is -2.44. The zero-order valence-corrected chi connectivity index (χ0v) is 20.2. The average molecular weight is 472 g/mol. The molecule has 2 aliphatic heterocycles. The minimum Gasteiger partial charge on any atom is -0.489 e. The Balaban J connectivity index is 1.25. The number of anilines is 3. The van der Waals surface area contributed by atoms with Gasteiger partial charge in [0.1, 0.15) is 12.4 Å². The van der Waals surface area contributed by atoms with Crippen LogP contribution in [-0.4, -0.2) is 54.2 Å². The van der Waals surface area contributed by atoms with E-state index < -0.39 is 0 Å². The summed E-state index contributed by atoms with van der Waals surface area (Å²) in [6, 6.07) is 17.5. The van der Waals surface area contributed by atoms with Gasteiger partial charge in [-0.1, -0.05) is 48.5 Å². The third-order valence-corrected chi connectivity index (χ3v) is 6.75. The fourth-order valence-corrected chi connectivity index (χ4v) is 4.88. The van der Waals surface area contributed by atoms with Gasteiger partial charge in [0.2, 0.25) is 17.8 Å². The number of nitrogens with one attached hydrogen (secondary N) is 3. The van der Waals surface area contributed by atoms with Gasteiger partial charge in [0.05, 0.1) is 0 Å². The van der Waals surface area contributed by atoms with E-state index in [4.69, 9.17) is 4.74 Å². The molecule has 2 aliphatic rings. The van der Waals surface area contributed by atoms with Crippen LogP contribution in [0.2, 0.25) is 0 Å². The zero-order chi connectivity index (χ0) is 24.0. The van der Waals surface area contributed by atoms with Crippen molar-refractivity contribution in [3.63, 3.8) is 0 Å². The predicted molar refractivity (Wildman–Crippen MR) is 140 cm³/mol. The van der Waals surface area contributed by atoms with E-state index in [0.717, 1.165) is 38.2 Å². The van der Waals surface area contributed by atoms with E-state index in [1.165, 1.54) is 16.7 Å². The van der Waals surface area contributed by atoms with Crippen LogP contribution in [0.1, 0.15) is 35.4 Å². The van der Waals surface area contributed by atoms with E-state index in [0.29, 0.717) is 37.0 Å². The number of nitrogens with zero attached hydrogens (tertiary/aromatic N) is 4. The van der Waals surface area contributed by atoms with Crippen LogP contribution in [0.25, 0.3) is 0 Å². The number of para-hydroxylation sites is 1. The van der Waals surface area contributed by atoms with Gasteiger partial charge < -0.3 is 25.6 Å². The quantitative estimate of drug-likeness (QED) is 0.428. The van der Waals surface area contributed by atoms with Gasteiger partial charge in [-0.15, -0.1) is 6.58 Å². The Hall–Kier alpha value is -3.65. The van der Waals surface area contributed by atoms with Gasteiger partial charge in [0, 0.05) is 50.7 Å². The molecule has 182 valence electrons. The Morgan fingerprint density at radius 2 is 1.74 bits per heavy atom. The fraction of sp³-hybridized carbons (Fsp3) is 0.370. The van der Waals surface area contributed by atoms with E-state index in [1.54, 1.807) is 6.08 Å². The molecule has 0 saturated carbocycles. The molecule has 0 bridgehead atoms. The summed E-state index contributed by atoms with van der Waals surface area (Å²) in [7, 11) is 1.82. The molecular weight excluding hydrogens is 438 g/mol. The van der Waals surface area contributed by atoms with E-state index in [9.17, 15) is 0 Å². The van der Waals surface area contributed by atoms with Crippen molar-refractivity contribution >= 4 is 17.8 Å². The zero-order valence-electron chi connectivity index (χ0n) is 20.2. The second-order valence-corrected chi connectivity index (χ2v) is 8.95. The summed E-state index contributed by atoms with van der Waals surface area (Å²) >= 11 is 0. The first-order valence-electron chi connectivity index (χ1n) is 12.3. The van der Waals surface area contributed by atoms with Crippen LogP contribution < -0.4 is 25.6 Å². The largest absolute Gasteiger partial charge is 0.489 e. The molecule has 5 rings (SSSR count). The summed E-state index contributed by atoms with van der Waals surface area (Å²) in [4.78, 5) is 15.8. The van der Waals surface area contributed by atoms with E-state index in [2.05, 4.69) is 84.8 Å². The Morgan fingerprint density at radius 1 is 1.00 bits per heavy atom. The van der Waals surface area contributed by atoms with Crippen LogP contribution in [0, 0.1) is 0 Å². The molecule has 0 spiro atoms. The Morgan fingerprint density at radius 3 is 2.54 bits per heavy atom. The number of aromatic nitrogens is 3. The molecule has 3 heterocycles. The first kappa shape index (κ1) is 23.1. The highest BCUT2D eigenvalue weighted by Crippen LogP contribution is 2.37. The number of fused-ring (bicyclic) bond motifs is 2. The highest BCUT2D eigenvalue weighted by atomic mass is 16.5. The molecule has 8 nitrogen and oxygen atoms in total. The van der Waals surface area contributed by atoms with Crippen molar-refractivity contribution in [3.05, 3.63) is 77.9 Å². The van der Waals surface area contributed by atoms with Crippen molar-refractivity contribution in [1.82, 2.24) is 20.3 Å². The number of benzene rings is 2. The molecule has 0 unspecified atom stereocenters. The van der Waals surface area contributed by atoms with Gasteiger partial charge in [0.15, 0.2) is 0 Å². The van der Waals surface area contributed by atoms with Gasteiger partial charge in [-0.25, -0.2) is 0 Å². The van der Waals surface area contributed by atoms with Crippen molar-refractivity contribution < 1.29 is 4.74 Å². The molecule has 0 aliphatic carbocycles. The number of ether oxygens (including phenoxy) is 1. The average Bonchev–Trinajstić information content (AvgIpc) is 3.07. The highest BCUT2D eigenvalue weighted by molar-refractivity contribution is 5.47. The predicted octanol–water partition coefficient (Wildman–Crippen LogP) is 3.79. The number of rotatable bonds is 8.